The number of anilines is 1. The van der Waals surface area contributed by atoms with Crippen molar-refractivity contribution in [3.63, 3.8) is 0 Å². The summed E-state index contributed by atoms with van der Waals surface area (Å²) in [6.07, 6.45) is 5.16. The quantitative estimate of drug-likeness (QED) is 0.330. The van der Waals surface area contributed by atoms with E-state index in [2.05, 4.69) is 22.2 Å². The Kier molecular flexibility index (Phi) is 6.07. The van der Waals surface area contributed by atoms with Crippen LogP contribution in [-0.2, 0) is 4.74 Å². The number of amides is 2. The van der Waals surface area contributed by atoms with Gasteiger partial charge < -0.3 is 19.9 Å². The van der Waals surface area contributed by atoms with Crippen molar-refractivity contribution in [2.24, 2.45) is 10.9 Å². The zero-order valence-corrected chi connectivity index (χ0v) is 19.3. The highest BCUT2D eigenvalue weighted by Crippen LogP contribution is 2.50. The molecular formula is C24H28FN7O2. The number of benzene rings is 1. The first-order chi connectivity index (χ1) is 16.1. The van der Waals surface area contributed by atoms with E-state index in [0.29, 0.717) is 29.9 Å². The lowest BCUT2D eigenvalue weighted by Crippen LogP contribution is -2.75. The van der Waals surface area contributed by atoms with Crippen molar-refractivity contribution < 1.29 is 13.9 Å². The lowest BCUT2D eigenvalue weighted by atomic mass is 9.64. The summed E-state index contributed by atoms with van der Waals surface area (Å²) in [6, 6.07) is 5.67. The lowest BCUT2D eigenvalue weighted by Gasteiger charge is -2.62. The van der Waals surface area contributed by atoms with Crippen LogP contribution >= 0.6 is 0 Å². The second-order valence-electron chi connectivity index (χ2n) is 9.10. The van der Waals surface area contributed by atoms with E-state index < -0.39 is 17.4 Å². The van der Waals surface area contributed by atoms with Crippen LogP contribution in [0.15, 0.2) is 35.5 Å². The number of likely N-dealkylation sites (tertiary alicyclic amines) is 1. The number of fused-ring (bicyclic) bond motifs is 2. The average Bonchev–Trinajstić information content (AvgIpc) is 3.26. The Bertz CT molecular complexity index is 1190. The molecule has 0 radical (unpaired) electrons. The minimum atomic E-state index is -0.939. The smallest absolute Gasteiger partial charge is 0.323 e. The first-order valence-electron chi connectivity index (χ1n) is 11.1. The molecular weight excluding hydrogens is 437 g/mol. The molecule has 2 unspecified atom stereocenters. The summed E-state index contributed by atoms with van der Waals surface area (Å²) >= 11 is 0. The Hall–Kier alpha value is -3.82. The van der Waals surface area contributed by atoms with E-state index >= 15 is 0 Å². The van der Waals surface area contributed by atoms with Crippen molar-refractivity contribution in [3.8, 4) is 0 Å². The van der Waals surface area contributed by atoms with E-state index in [1.54, 1.807) is 18.0 Å². The van der Waals surface area contributed by atoms with Gasteiger partial charge in [0.05, 0.1) is 17.6 Å². The molecule has 3 atom stereocenters. The Balaban J connectivity index is 1.57. The summed E-state index contributed by atoms with van der Waals surface area (Å²) in [6.45, 7) is 5.18. The van der Waals surface area contributed by atoms with E-state index in [-0.39, 0.29) is 29.4 Å². The monoisotopic (exact) mass is 465 g/mol. The predicted octanol–water partition coefficient (Wildman–Crippen LogP) is 4.67. The van der Waals surface area contributed by atoms with E-state index in [1.807, 2.05) is 12.1 Å². The standard InChI is InChI=1S/C24H28FN7O2/c1-13-7-17-11-24(10-13,22(28)34-15(3)26)32(17)23(33)31-20-9-18(14(2)8-19(20)25)21(27)30-12-16-5-4-6-29-16/h4-6,8-9,12-13,17,26-29H,7,10-11H2,1-3H3,(H,31,33)/t13-,17?,24?/m1/s1. The van der Waals surface area contributed by atoms with Gasteiger partial charge in [0.25, 0.3) is 0 Å². The number of nitrogens with zero attached hydrogens (tertiary/aromatic N) is 2. The van der Waals surface area contributed by atoms with Crippen molar-refractivity contribution in [1.82, 2.24) is 9.88 Å². The van der Waals surface area contributed by atoms with E-state index in [0.717, 1.165) is 12.1 Å². The van der Waals surface area contributed by atoms with Gasteiger partial charge in [0, 0.05) is 31.1 Å². The Morgan fingerprint density at radius 2 is 2.12 bits per heavy atom. The summed E-state index contributed by atoms with van der Waals surface area (Å²) in [5, 5.41) is 26.9. The molecule has 1 aromatic heterocycles. The number of nitrogens with one attached hydrogen (secondary N) is 5. The summed E-state index contributed by atoms with van der Waals surface area (Å²) in [5.41, 5.74) is 0.640. The number of ether oxygens (including phenoxy) is 1. The molecule has 2 aliphatic rings. The van der Waals surface area contributed by atoms with Gasteiger partial charge in [-0.1, -0.05) is 6.92 Å². The third kappa shape index (κ3) is 4.23. The van der Waals surface area contributed by atoms with Crippen LogP contribution in [0.2, 0.25) is 0 Å². The van der Waals surface area contributed by atoms with E-state index in [1.165, 1.54) is 25.3 Å². The first kappa shape index (κ1) is 23.3. The topological polar surface area (TPSA) is 141 Å². The number of aliphatic imine (C=N–C) groups is 1. The fourth-order valence-electron chi connectivity index (χ4n) is 5.04. The van der Waals surface area contributed by atoms with E-state index in [4.69, 9.17) is 21.0 Å². The maximum Gasteiger partial charge on any atom is 0.323 e. The highest BCUT2D eigenvalue weighted by molar-refractivity contribution is 6.05. The second-order valence-corrected chi connectivity index (χ2v) is 9.10. The average molecular weight is 466 g/mol. The summed E-state index contributed by atoms with van der Waals surface area (Å²) in [5.74, 6) is -0.646. The number of hydrogen-bond donors (Lipinski definition) is 5. The van der Waals surface area contributed by atoms with Crippen LogP contribution < -0.4 is 5.32 Å². The molecule has 1 aliphatic carbocycles. The van der Waals surface area contributed by atoms with Gasteiger partial charge >= 0.3 is 6.03 Å². The molecule has 2 heterocycles. The molecule has 178 valence electrons. The van der Waals surface area contributed by atoms with Crippen LogP contribution in [0, 0.1) is 34.9 Å². The maximum absolute atomic E-state index is 14.8. The third-order valence-corrected chi connectivity index (χ3v) is 6.42. The number of hydrogen-bond acceptors (Lipinski definition) is 5. The molecule has 2 bridgehead atoms. The first-order valence-corrected chi connectivity index (χ1v) is 11.1. The molecule has 2 amide bonds. The van der Waals surface area contributed by atoms with Gasteiger partial charge in [0.1, 0.15) is 11.4 Å². The van der Waals surface area contributed by atoms with Crippen LogP contribution in [0.4, 0.5) is 14.9 Å². The Labute approximate surface area is 196 Å². The molecule has 10 heteroatoms. The fraction of sp³-hybridized carbons (Fsp3) is 0.375. The molecule has 1 saturated carbocycles. The number of piperidine rings is 1. The number of carbonyl (C=O) groups excluding carboxylic acids is 1. The maximum atomic E-state index is 14.8. The number of aromatic amines is 1. The van der Waals surface area contributed by atoms with E-state index in [9.17, 15) is 9.18 Å². The number of aromatic nitrogens is 1. The van der Waals surface area contributed by atoms with Gasteiger partial charge in [-0.3, -0.25) is 16.2 Å². The minimum absolute atomic E-state index is 0.0609. The minimum Gasteiger partial charge on any atom is -0.428 e. The van der Waals surface area contributed by atoms with Crippen molar-refractivity contribution in [2.75, 3.05) is 5.32 Å². The zero-order valence-electron chi connectivity index (χ0n) is 19.3. The molecule has 1 aliphatic heterocycles. The molecule has 5 N–H and O–H groups in total. The van der Waals surface area contributed by atoms with Crippen LogP contribution in [-0.4, -0.2) is 51.3 Å². The van der Waals surface area contributed by atoms with Crippen LogP contribution in [0.25, 0.3) is 0 Å². The second kappa shape index (κ2) is 8.85. The molecule has 4 rings (SSSR count). The highest BCUT2D eigenvalue weighted by atomic mass is 19.1. The number of amidine groups is 1. The van der Waals surface area contributed by atoms with Crippen LogP contribution in [0.5, 0.6) is 0 Å². The lowest BCUT2D eigenvalue weighted by molar-refractivity contribution is -0.0539. The zero-order chi connectivity index (χ0) is 24.6. The summed E-state index contributed by atoms with van der Waals surface area (Å²) in [7, 11) is 0. The van der Waals surface area contributed by atoms with Gasteiger partial charge in [-0.25, -0.2) is 14.2 Å². The number of rotatable bonds is 4. The Morgan fingerprint density at radius 3 is 2.79 bits per heavy atom. The number of halogens is 1. The molecule has 34 heavy (non-hydrogen) atoms. The summed E-state index contributed by atoms with van der Waals surface area (Å²) < 4.78 is 20.1. The SMILES string of the molecule is CC(=N)OC(=N)C12CC(C[C@@H](C)C1)N2C(=O)Nc1cc(C(=N)N=Cc2ccc[nH]2)c(C)cc1F. The number of H-pyrrole nitrogens is 1. The number of carbonyl (C=O) groups is 1. The van der Waals surface area contributed by atoms with Crippen molar-refractivity contribution in [1.29, 1.82) is 16.2 Å². The predicted molar refractivity (Wildman–Crippen MR) is 129 cm³/mol. The van der Waals surface area contributed by atoms with Crippen molar-refractivity contribution in [3.05, 3.63) is 53.1 Å². The van der Waals surface area contributed by atoms with Gasteiger partial charge in [0.15, 0.2) is 11.7 Å². The Morgan fingerprint density at radius 1 is 1.35 bits per heavy atom. The van der Waals surface area contributed by atoms with Crippen molar-refractivity contribution >= 4 is 35.6 Å². The molecule has 2 fully saturated rings. The highest BCUT2D eigenvalue weighted by Gasteiger charge is 2.62. The number of aryl methyl sites for hydroxylation is 1. The molecule has 9 nitrogen and oxygen atoms in total. The van der Waals surface area contributed by atoms with Crippen LogP contribution in [0.3, 0.4) is 0 Å². The van der Waals surface area contributed by atoms with Gasteiger partial charge in [-0.05, 0) is 55.5 Å². The fourth-order valence-corrected chi connectivity index (χ4v) is 5.04. The normalized spacial score (nSPS) is 23.4. The van der Waals surface area contributed by atoms with Crippen molar-refractivity contribution in [2.45, 2.75) is 51.6 Å². The summed E-state index contributed by atoms with van der Waals surface area (Å²) in [4.78, 5) is 21.9. The largest absolute Gasteiger partial charge is 0.428 e. The van der Waals surface area contributed by atoms with Gasteiger partial charge in [0.2, 0.25) is 5.90 Å². The molecule has 2 aromatic rings. The number of urea groups is 1. The molecule has 1 saturated heterocycles. The van der Waals surface area contributed by atoms with Gasteiger partial charge in [-0.2, -0.15) is 0 Å². The molecule has 1 aromatic carbocycles. The molecule has 0 spiro atoms. The third-order valence-electron chi connectivity index (χ3n) is 6.42. The van der Waals surface area contributed by atoms with Crippen LogP contribution in [0.1, 0.15) is 49.9 Å². The van der Waals surface area contributed by atoms with Gasteiger partial charge in [-0.15, -0.1) is 0 Å².